The Bertz CT molecular complexity index is 666. The van der Waals surface area contributed by atoms with Gasteiger partial charge in [0.25, 0.3) is 0 Å². The van der Waals surface area contributed by atoms with Crippen molar-refractivity contribution in [3.8, 4) is 0 Å². The predicted octanol–water partition coefficient (Wildman–Crippen LogP) is 4.32. The normalized spacial score (nSPS) is 17.0. The summed E-state index contributed by atoms with van der Waals surface area (Å²) < 4.78 is 13.4. The first-order chi connectivity index (χ1) is 9.66. The minimum atomic E-state index is -0.469. The van der Waals surface area contributed by atoms with Gasteiger partial charge >= 0.3 is 0 Å². The molecule has 0 fully saturated rings. The summed E-state index contributed by atoms with van der Waals surface area (Å²) in [5.41, 5.74) is 2.93. The van der Waals surface area contributed by atoms with Crippen LogP contribution in [0.25, 0.3) is 0 Å². The summed E-state index contributed by atoms with van der Waals surface area (Å²) in [6.45, 7) is 0. The molecule has 1 atom stereocenters. The molecule has 0 amide bonds. The Morgan fingerprint density at radius 2 is 2.00 bits per heavy atom. The van der Waals surface area contributed by atoms with Crippen LogP contribution in [0.15, 0.2) is 42.5 Å². The summed E-state index contributed by atoms with van der Waals surface area (Å²) in [6.07, 6.45) is 1.96. The van der Waals surface area contributed by atoms with E-state index in [9.17, 15) is 9.18 Å². The van der Waals surface area contributed by atoms with E-state index in [2.05, 4.69) is 6.07 Å². The van der Waals surface area contributed by atoms with Crippen LogP contribution in [0.5, 0.6) is 0 Å². The second kappa shape index (κ2) is 5.37. The first-order valence-corrected chi connectivity index (χ1v) is 7.08. The summed E-state index contributed by atoms with van der Waals surface area (Å²) in [5.74, 6) is -0.434. The lowest BCUT2D eigenvalue weighted by atomic mass is 9.92. The maximum absolute atomic E-state index is 13.4. The van der Waals surface area contributed by atoms with Crippen molar-refractivity contribution < 1.29 is 9.18 Å². The maximum atomic E-state index is 13.4. The highest BCUT2D eigenvalue weighted by atomic mass is 35.5. The third kappa shape index (κ3) is 2.36. The summed E-state index contributed by atoms with van der Waals surface area (Å²) >= 11 is 5.92. The lowest BCUT2D eigenvalue weighted by Crippen LogP contribution is -2.13. The monoisotopic (exact) mass is 288 g/mol. The number of carbonyl (C=O) groups is 1. The molecule has 1 aliphatic rings. The minimum Gasteiger partial charge on any atom is -0.299 e. The topological polar surface area (TPSA) is 17.1 Å². The largest absolute Gasteiger partial charge is 0.299 e. The van der Waals surface area contributed by atoms with Crippen molar-refractivity contribution in [1.82, 2.24) is 0 Å². The number of rotatable bonds is 3. The molecular formula is C17H14ClFO. The highest BCUT2D eigenvalue weighted by Gasteiger charge is 2.28. The molecular weight excluding hydrogens is 275 g/mol. The van der Waals surface area contributed by atoms with E-state index in [1.54, 1.807) is 12.1 Å². The Labute approximate surface area is 122 Å². The van der Waals surface area contributed by atoms with Gasteiger partial charge in [0.2, 0.25) is 0 Å². The Morgan fingerprint density at radius 3 is 2.85 bits per heavy atom. The van der Waals surface area contributed by atoms with Crippen molar-refractivity contribution >= 4 is 17.4 Å². The summed E-state index contributed by atoms with van der Waals surface area (Å²) in [5, 5.41) is 0.0622. The Kier molecular flexibility index (Phi) is 3.58. The number of hydrogen-bond acceptors (Lipinski definition) is 1. The number of halogens is 2. The highest BCUT2D eigenvalue weighted by Crippen LogP contribution is 2.34. The van der Waals surface area contributed by atoms with Gasteiger partial charge in [-0.25, -0.2) is 4.39 Å². The second-order valence-electron chi connectivity index (χ2n) is 5.15. The van der Waals surface area contributed by atoms with Crippen LogP contribution in [-0.2, 0) is 17.6 Å². The van der Waals surface area contributed by atoms with Gasteiger partial charge in [-0.05, 0) is 35.6 Å². The quantitative estimate of drug-likeness (QED) is 0.822. The van der Waals surface area contributed by atoms with E-state index in [0.717, 1.165) is 18.4 Å². The fourth-order valence-electron chi connectivity index (χ4n) is 2.89. The minimum absolute atomic E-state index is 0.0622. The zero-order valence-electron chi connectivity index (χ0n) is 10.9. The van der Waals surface area contributed by atoms with Crippen LogP contribution in [0, 0.1) is 5.82 Å². The predicted molar refractivity (Wildman–Crippen MR) is 77.6 cm³/mol. The third-order valence-electron chi connectivity index (χ3n) is 3.92. The number of ketones is 1. The molecule has 0 heterocycles. The zero-order chi connectivity index (χ0) is 14.1. The standard InChI is InChI=1S/C17H14ClFO/c18-17-12(5-3-7-15(17)19)10-16(20)14-9-8-11-4-1-2-6-13(11)14/h1-7,14H,8-10H2. The van der Waals surface area contributed by atoms with Gasteiger partial charge < -0.3 is 0 Å². The molecule has 2 aromatic rings. The van der Waals surface area contributed by atoms with Crippen LogP contribution in [0.3, 0.4) is 0 Å². The number of benzene rings is 2. The maximum Gasteiger partial charge on any atom is 0.144 e. The molecule has 102 valence electrons. The van der Waals surface area contributed by atoms with E-state index in [1.165, 1.54) is 11.6 Å². The first-order valence-electron chi connectivity index (χ1n) is 6.70. The Morgan fingerprint density at radius 1 is 1.20 bits per heavy atom. The Balaban J connectivity index is 1.83. The smallest absolute Gasteiger partial charge is 0.144 e. The average Bonchev–Trinajstić information content (AvgIpc) is 2.88. The van der Waals surface area contributed by atoms with Crippen molar-refractivity contribution in [2.45, 2.75) is 25.2 Å². The van der Waals surface area contributed by atoms with E-state index >= 15 is 0 Å². The Hall–Kier alpha value is -1.67. The molecule has 0 radical (unpaired) electrons. The van der Waals surface area contributed by atoms with E-state index in [4.69, 9.17) is 11.6 Å². The molecule has 0 aliphatic heterocycles. The number of carbonyl (C=O) groups excluding carboxylic acids is 1. The van der Waals surface area contributed by atoms with Crippen molar-refractivity contribution in [1.29, 1.82) is 0 Å². The van der Waals surface area contributed by atoms with Gasteiger partial charge in [0.15, 0.2) is 0 Å². The summed E-state index contributed by atoms with van der Waals surface area (Å²) in [7, 11) is 0. The summed E-state index contributed by atoms with van der Waals surface area (Å²) in [4.78, 5) is 12.5. The van der Waals surface area contributed by atoms with E-state index < -0.39 is 5.82 Å². The lowest BCUT2D eigenvalue weighted by Gasteiger charge is -2.11. The van der Waals surface area contributed by atoms with Crippen molar-refractivity contribution in [3.05, 3.63) is 70.0 Å². The number of aryl methyl sites for hydroxylation is 1. The van der Waals surface area contributed by atoms with E-state index in [-0.39, 0.29) is 23.1 Å². The molecule has 0 N–H and O–H groups in total. The van der Waals surface area contributed by atoms with Gasteiger partial charge in [0.1, 0.15) is 11.6 Å². The molecule has 1 nitrogen and oxygen atoms in total. The van der Waals surface area contributed by atoms with Crippen LogP contribution in [0.4, 0.5) is 4.39 Å². The molecule has 0 spiro atoms. The number of Topliss-reactive ketones (excluding diaryl/α,β-unsaturated/α-hetero) is 1. The lowest BCUT2D eigenvalue weighted by molar-refractivity contribution is -0.119. The van der Waals surface area contributed by atoms with Gasteiger partial charge in [-0.2, -0.15) is 0 Å². The van der Waals surface area contributed by atoms with Crippen molar-refractivity contribution in [2.24, 2.45) is 0 Å². The van der Waals surface area contributed by atoms with Crippen molar-refractivity contribution in [2.75, 3.05) is 0 Å². The fourth-order valence-corrected chi connectivity index (χ4v) is 3.08. The van der Waals surface area contributed by atoms with Crippen LogP contribution >= 0.6 is 11.6 Å². The molecule has 1 unspecified atom stereocenters. The molecule has 0 bridgehead atoms. The van der Waals surface area contributed by atoms with Gasteiger partial charge in [-0.1, -0.05) is 48.0 Å². The van der Waals surface area contributed by atoms with Crippen molar-refractivity contribution in [3.63, 3.8) is 0 Å². The zero-order valence-corrected chi connectivity index (χ0v) is 11.7. The second-order valence-corrected chi connectivity index (χ2v) is 5.52. The van der Waals surface area contributed by atoms with E-state index in [0.29, 0.717) is 5.56 Å². The molecule has 3 heteroatoms. The van der Waals surface area contributed by atoms with Gasteiger partial charge in [-0.15, -0.1) is 0 Å². The van der Waals surface area contributed by atoms with Gasteiger partial charge in [0, 0.05) is 12.3 Å². The van der Waals surface area contributed by atoms with Crippen LogP contribution in [0.1, 0.15) is 29.0 Å². The molecule has 2 aromatic carbocycles. The number of fused-ring (bicyclic) bond motifs is 1. The summed E-state index contributed by atoms with van der Waals surface area (Å²) in [6, 6.07) is 12.6. The van der Waals surface area contributed by atoms with Crippen LogP contribution in [-0.4, -0.2) is 5.78 Å². The number of hydrogen-bond donors (Lipinski definition) is 0. The third-order valence-corrected chi connectivity index (χ3v) is 4.34. The molecule has 0 saturated heterocycles. The van der Waals surface area contributed by atoms with E-state index in [1.807, 2.05) is 18.2 Å². The molecule has 20 heavy (non-hydrogen) atoms. The average molecular weight is 289 g/mol. The molecule has 1 aliphatic carbocycles. The molecule has 0 saturated carbocycles. The fraction of sp³-hybridized carbons (Fsp3) is 0.235. The molecule has 3 rings (SSSR count). The SMILES string of the molecule is O=C(Cc1cccc(F)c1Cl)C1CCc2ccccc21. The highest BCUT2D eigenvalue weighted by molar-refractivity contribution is 6.31. The molecule has 0 aromatic heterocycles. The van der Waals surface area contributed by atoms with Crippen LogP contribution < -0.4 is 0 Å². The van der Waals surface area contributed by atoms with Gasteiger partial charge in [0.05, 0.1) is 5.02 Å². The first kappa shape index (κ1) is 13.3. The van der Waals surface area contributed by atoms with Gasteiger partial charge in [-0.3, -0.25) is 4.79 Å². The van der Waals surface area contributed by atoms with Crippen LogP contribution in [0.2, 0.25) is 5.02 Å².